The van der Waals surface area contributed by atoms with Gasteiger partial charge in [-0.05, 0) is 25.2 Å². The Bertz CT molecular complexity index is 221. The molecule has 1 amide bonds. The van der Waals surface area contributed by atoms with Crippen LogP contribution in [0.2, 0.25) is 0 Å². The minimum atomic E-state index is 0. The standard InChI is InChI=1S/C13H26N2O2.ClH/c1-2-3-4-12(10-14)15-13(16)9-11-5-7-17-8-6-11;/h11-12H,2-10,14H2,1H3,(H,15,16);1H. The lowest BCUT2D eigenvalue weighted by Gasteiger charge is -2.23. The molecule has 0 aromatic rings. The van der Waals surface area contributed by atoms with Gasteiger partial charge in [-0.25, -0.2) is 0 Å². The van der Waals surface area contributed by atoms with E-state index in [9.17, 15) is 4.79 Å². The van der Waals surface area contributed by atoms with Gasteiger partial charge in [0.15, 0.2) is 0 Å². The molecule has 18 heavy (non-hydrogen) atoms. The van der Waals surface area contributed by atoms with Crippen LogP contribution in [0, 0.1) is 5.92 Å². The molecule has 0 spiro atoms. The fourth-order valence-electron chi connectivity index (χ4n) is 2.20. The molecule has 1 atom stereocenters. The molecule has 0 radical (unpaired) electrons. The predicted octanol–water partition coefficient (Wildman–Crippen LogP) is 1.86. The van der Waals surface area contributed by atoms with Crippen molar-refractivity contribution in [3.05, 3.63) is 0 Å². The second-order valence-electron chi connectivity index (χ2n) is 4.90. The molecule has 5 heteroatoms. The quantitative estimate of drug-likeness (QED) is 0.747. The average Bonchev–Trinajstić information content (AvgIpc) is 2.35. The SMILES string of the molecule is CCCCC(CN)NC(=O)CC1CCOCC1.Cl. The van der Waals surface area contributed by atoms with E-state index < -0.39 is 0 Å². The minimum absolute atomic E-state index is 0. The van der Waals surface area contributed by atoms with Crippen molar-refractivity contribution in [3.63, 3.8) is 0 Å². The van der Waals surface area contributed by atoms with E-state index in [0.717, 1.165) is 45.3 Å². The number of nitrogens with one attached hydrogen (secondary N) is 1. The van der Waals surface area contributed by atoms with Crippen molar-refractivity contribution in [2.45, 2.75) is 51.5 Å². The van der Waals surface area contributed by atoms with Gasteiger partial charge < -0.3 is 15.8 Å². The van der Waals surface area contributed by atoms with E-state index in [-0.39, 0.29) is 24.4 Å². The zero-order valence-electron chi connectivity index (χ0n) is 11.3. The highest BCUT2D eigenvalue weighted by Crippen LogP contribution is 2.18. The Morgan fingerprint density at radius 1 is 1.44 bits per heavy atom. The Morgan fingerprint density at radius 2 is 2.11 bits per heavy atom. The fourth-order valence-corrected chi connectivity index (χ4v) is 2.20. The van der Waals surface area contributed by atoms with Gasteiger partial charge in [0, 0.05) is 32.2 Å². The van der Waals surface area contributed by atoms with Gasteiger partial charge in [-0.2, -0.15) is 0 Å². The number of nitrogens with two attached hydrogens (primary N) is 1. The molecule has 1 rings (SSSR count). The summed E-state index contributed by atoms with van der Waals surface area (Å²) < 4.78 is 5.28. The van der Waals surface area contributed by atoms with Crippen LogP contribution < -0.4 is 11.1 Å². The van der Waals surface area contributed by atoms with E-state index in [1.807, 2.05) is 0 Å². The van der Waals surface area contributed by atoms with Crippen molar-refractivity contribution in [2.75, 3.05) is 19.8 Å². The highest BCUT2D eigenvalue weighted by molar-refractivity contribution is 5.85. The van der Waals surface area contributed by atoms with Crippen LogP contribution >= 0.6 is 12.4 Å². The van der Waals surface area contributed by atoms with Gasteiger partial charge in [0.2, 0.25) is 5.91 Å². The third-order valence-electron chi connectivity index (χ3n) is 3.37. The molecule has 1 aliphatic heterocycles. The second-order valence-corrected chi connectivity index (χ2v) is 4.90. The van der Waals surface area contributed by atoms with E-state index in [2.05, 4.69) is 12.2 Å². The summed E-state index contributed by atoms with van der Waals surface area (Å²) in [5.74, 6) is 0.650. The van der Waals surface area contributed by atoms with Crippen molar-refractivity contribution in [3.8, 4) is 0 Å². The van der Waals surface area contributed by atoms with Crippen molar-refractivity contribution in [1.82, 2.24) is 5.32 Å². The van der Waals surface area contributed by atoms with Gasteiger partial charge in [0.05, 0.1) is 0 Å². The molecule has 0 saturated carbocycles. The number of hydrogen-bond acceptors (Lipinski definition) is 3. The summed E-state index contributed by atoms with van der Waals surface area (Å²) in [4.78, 5) is 11.8. The lowest BCUT2D eigenvalue weighted by Crippen LogP contribution is -2.41. The molecular weight excluding hydrogens is 252 g/mol. The maximum Gasteiger partial charge on any atom is 0.220 e. The molecule has 1 heterocycles. The van der Waals surface area contributed by atoms with Crippen molar-refractivity contribution in [1.29, 1.82) is 0 Å². The first-order chi connectivity index (χ1) is 8.26. The van der Waals surface area contributed by atoms with Crippen molar-refractivity contribution < 1.29 is 9.53 Å². The van der Waals surface area contributed by atoms with Crippen LogP contribution in [0.4, 0.5) is 0 Å². The number of halogens is 1. The number of carbonyl (C=O) groups is 1. The van der Waals surface area contributed by atoms with Gasteiger partial charge in [-0.3, -0.25) is 4.79 Å². The van der Waals surface area contributed by atoms with E-state index in [1.54, 1.807) is 0 Å². The normalized spacial score (nSPS) is 17.9. The summed E-state index contributed by atoms with van der Waals surface area (Å²) in [6.45, 7) is 4.29. The molecular formula is C13H27ClN2O2. The van der Waals surface area contributed by atoms with Crippen LogP contribution in [-0.4, -0.2) is 31.7 Å². The number of carbonyl (C=O) groups excluding carboxylic acids is 1. The van der Waals surface area contributed by atoms with Crippen LogP contribution in [0.1, 0.15) is 45.4 Å². The highest BCUT2D eigenvalue weighted by atomic mass is 35.5. The van der Waals surface area contributed by atoms with E-state index in [1.165, 1.54) is 0 Å². The zero-order valence-corrected chi connectivity index (χ0v) is 12.1. The van der Waals surface area contributed by atoms with E-state index in [0.29, 0.717) is 18.9 Å². The van der Waals surface area contributed by atoms with Gasteiger partial charge in [0.25, 0.3) is 0 Å². The lowest BCUT2D eigenvalue weighted by atomic mass is 9.96. The van der Waals surface area contributed by atoms with Gasteiger partial charge in [-0.15, -0.1) is 12.4 Å². The molecule has 1 unspecified atom stereocenters. The molecule has 0 aliphatic carbocycles. The number of rotatable bonds is 7. The summed E-state index contributed by atoms with van der Waals surface area (Å²) in [7, 11) is 0. The summed E-state index contributed by atoms with van der Waals surface area (Å²) in [6.07, 6.45) is 5.91. The molecule has 1 fully saturated rings. The number of ether oxygens (including phenoxy) is 1. The predicted molar refractivity (Wildman–Crippen MR) is 75.9 cm³/mol. The maximum absolute atomic E-state index is 11.8. The van der Waals surface area contributed by atoms with Crippen LogP contribution in [0.3, 0.4) is 0 Å². The molecule has 4 nitrogen and oxygen atoms in total. The molecule has 0 aromatic carbocycles. The third-order valence-corrected chi connectivity index (χ3v) is 3.37. The zero-order chi connectivity index (χ0) is 12.5. The molecule has 0 bridgehead atoms. The first kappa shape index (κ1) is 17.7. The van der Waals surface area contributed by atoms with Gasteiger partial charge >= 0.3 is 0 Å². The summed E-state index contributed by atoms with van der Waals surface area (Å²) >= 11 is 0. The van der Waals surface area contributed by atoms with Crippen LogP contribution in [0.15, 0.2) is 0 Å². The lowest BCUT2D eigenvalue weighted by molar-refractivity contribution is -0.123. The number of amides is 1. The Kier molecular flexibility index (Phi) is 10.4. The molecule has 1 aliphatic rings. The molecule has 3 N–H and O–H groups in total. The first-order valence-electron chi connectivity index (χ1n) is 6.83. The van der Waals surface area contributed by atoms with Gasteiger partial charge in [-0.1, -0.05) is 19.8 Å². The summed E-state index contributed by atoms with van der Waals surface area (Å²) in [5.41, 5.74) is 5.66. The monoisotopic (exact) mass is 278 g/mol. The minimum Gasteiger partial charge on any atom is -0.381 e. The summed E-state index contributed by atoms with van der Waals surface area (Å²) in [6, 6.07) is 0.155. The molecule has 1 saturated heterocycles. The maximum atomic E-state index is 11.8. The second kappa shape index (κ2) is 10.6. The average molecular weight is 279 g/mol. The summed E-state index contributed by atoms with van der Waals surface area (Å²) in [5, 5.41) is 3.04. The molecule has 0 aromatic heterocycles. The molecule has 108 valence electrons. The third kappa shape index (κ3) is 7.19. The smallest absolute Gasteiger partial charge is 0.220 e. The number of unbranched alkanes of at least 4 members (excludes halogenated alkanes) is 1. The van der Waals surface area contributed by atoms with E-state index in [4.69, 9.17) is 10.5 Å². The Morgan fingerprint density at radius 3 is 2.67 bits per heavy atom. The Labute approximate surface area is 116 Å². The highest BCUT2D eigenvalue weighted by Gasteiger charge is 2.18. The topological polar surface area (TPSA) is 64.3 Å². The van der Waals surface area contributed by atoms with Crippen molar-refractivity contribution in [2.24, 2.45) is 11.7 Å². The first-order valence-corrected chi connectivity index (χ1v) is 6.83. The van der Waals surface area contributed by atoms with Gasteiger partial charge in [0.1, 0.15) is 0 Å². The van der Waals surface area contributed by atoms with E-state index >= 15 is 0 Å². The largest absolute Gasteiger partial charge is 0.381 e. The Hall–Kier alpha value is -0.320. The van der Waals surface area contributed by atoms with Crippen molar-refractivity contribution >= 4 is 18.3 Å². The van der Waals surface area contributed by atoms with Crippen LogP contribution in [-0.2, 0) is 9.53 Å². The van der Waals surface area contributed by atoms with Crippen LogP contribution in [0.5, 0.6) is 0 Å². The number of hydrogen-bond donors (Lipinski definition) is 2. The fraction of sp³-hybridized carbons (Fsp3) is 0.923. The van der Waals surface area contributed by atoms with Crippen LogP contribution in [0.25, 0.3) is 0 Å². The Balaban J connectivity index is 0.00000289.